The van der Waals surface area contributed by atoms with Crippen LogP contribution in [0.1, 0.15) is 19.3 Å². The average molecular weight is 319 g/mol. The Bertz CT molecular complexity index is 588. The van der Waals surface area contributed by atoms with Crippen LogP contribution in [0.25, 0.3) is 0 Å². The Balaban J connectivity index is 2.35. The molecule has 0 aliphatic carbocycles. The van der Waals surface area contributed by atoms with Gasteiger partial charge in [0.2, 0.25) is 10.0 Å². The number of hydrogen-bond donors (Lipinski definition) is 0. The third-order valence-electron chi connectivity index (χ3n) is 3.23. The number of carbonyl (C=O) groups is 1. The zero-order valence-electron chi connectivity index (χ0n) is 11.0. The lowest BCUT2D eigenvalue weighted by atomic mass is 10.1. The molecule has 1 aromatic heterocycles. The largest absolute Gasteiger partial charge is 0.468 e. The lowest BCUT2D eigenvalue weighted by molar-refractivity contribution is -0.146. The molecule has 1 aromatic rings. The highest BCUT2D eigenvalue weighted by Gasteiger charge is 2.38. The van der Waals surface area contributed by atoms with E-state index in [0.717, 1.165) is 6.42 Å². The van der Waals surface area contributed by atoms with Gasteiger partial charge in [-0.15, -0.1) is 0 Å². The fourth-order valence-electron chi connectivity index (χ4n) is 2.21. The number of carbonyl (C=O) groups excluding carboxylic acids is 1. The number of pyridine rings is 1. The molecule has 6 nitrogen and oxygen atoms in total. The second-order valence-corrected chi connectivity index (χ2v) is 6.74. The number of sulfonamides is 1. The fourth-order valence-corrected chi connectivity index (χ4v) is 3.92. The highest BCUT2D eigenvalue weighted by atomic mass is 35.5. The van der Waals surface area contributed by atoms with Gasteiger partial charge in [-0.05, 0) is 31.4 Å². The van der Waals surface area contributed by atoms with Crippen molar-refractivity contribution in [3.8, 4) is 0 Å². The molecule has 2 heterocycles. The van der Waals surface area contributed by atoms with Crippen molar-refractivity contribution in [2.45, 2.75) is 30.2 Å². The summed E-state index contributed by atoms with van der Waals surface area (Å²) < 4.78 is 31.0. The topological polar surface area (TPSA) is 76.6 Å². The third kappa shape index (κ3) is 2.94. The Labute approximate surface area is 122 Å². The van der Waals surface area contributed by atoms with Gasteiger partial charge in [0.1, 0.15) is 16.1 Å². The Morgan fingerprint density at radius 3 is 2.80 bits per heavy atom. The monoisotopic (exact) mass is 318 g/mol. The summed E-state index contributed by atoms with van der Waals surface area (Å²) in [6, 6.07) is 2.02. The van der Waals surface area contributed by atoms with Crippen molar-refractivity contribution in [2.24, 2.45) is 0 Å². The quantitative estimate of drug-likeness (QED) is 0.623. The van der Waals surface area contributed by atoms with Gasteiger partial charge < -0.3 is 4.74 Å². The van der Waals surface area contributed by atoms with E-state index < -0.39 is 22.0 Å². The summed E-state index contributed by atoms with van der Waals surface area (Å²) in [5.41, 5.74) is 0. The smallest absolute Gasteiger partial charge is 0.324 e. The Hall–Kier alpha value is -1.18. The van der Waals surface area contributed by atoms with Crippen LogP contribution in [0.3, 0.4) is 0 Å². The molecule has 1 saturated heterocycles. The van der Waals surface area contributed by atoms with E-state index in [1.54, 1.807) is 0 Å². The van der Waals surface area contributed by atoms with Crippen molar-refractivity contribution in [3.63, 3.8) is 0 Å². The molecule has 1 unspecified atom stereocenters. The molecule has 0 N–H and O–H groups in total. The molecular weight excluding hydrogens is 304 g/mol. The van der Waals surface area contributed by atoms with Gasteiger partial charge in [-0.2, -0.15) is 4.31 Å². The minimum absolute atomic E-state index is 0.0257. The molecule has 1 atom stereocenters. The predicted octanol–water partition coefficient (Wildman–Crippen LogP) is 1.45. The van der Waals surface area contributed by atoms with Gasteiger partial charge >= 0.3 is 5.97 Å². The number of hydrogen-bond acceptors (Lipinski definition) is 5. The molecule has 0 bridgehead atoms. The van der Waals surface area contributed by atoms with Crippen LogP contribution in [0.5, 0.6) is 0 Å². The standard InChI is InChI=1S/C12H15ClN2O4S/c1-19-12(16)10-4-2-3-7-15(10)20(17,18)9-5-6-11(13)14-8-9/h5-6,8,10H,2-4,7H2,1H3. The van der Waals surface area contributed by atoms with Crippen LogP contribution in [-0.4, -0.2) is 43.4 Å². The third-order valence-corrected chi connectivity index (χ3v) is 5.35. The maximum Gasteiger partial charge on any atom is 0.324 e. The number of nitrogens with zero attached hydrogens (tertiary/aromatic N) is 2. The first-order chi connectivity index (χ1) is 9.46. The first-order valence-corrected chi connectivity index (χ1v) is 8.00. The molecule has 1 aliphatic heterocycles. The van der Waals surface area contributed by atoms with E-state index >= 15 is 0 Å². The van der Waals surface area contributed by atoms with Crippen LogP contribution < -0.4 is 0 Å². The minimum atomic E-state index is -3.77. The van der Waals surface area contributed by atoms with E-state index in [1.165, 1.54) is 29.7 Å². The zero-order chi connectivity index (χ0) is 14.8. The van der Waals surface area contributed by atoms with Gasteiger partial charge in [0.15, 0.2) is 0 Å². The van der Waals surface area contributed by atoms with Gasteiger partial charge in [-0.25, -0.2) is 13.4 Å². The number of rotatable bonds is 3. The van der Waals surface area contributed by atoms with E-state index in [1.807, 2.05) is 0 Å². The Kier molecular flexibility index (Phi) is 4.62. The van der Waals surface area contributed by atoms with Crippen LogP contribution >= 0.6 is 11.6 Å². The normalized spacial score (nSPS) is 20.6. The van der Waals surface area contributed by atoms with Gasteiger partial charge in [-0.3, -0.25) is 4.79 Å². The molecule has 0 spiro atoms. The number of esters is 1. The number of ether oxygens (including phenoxy) is 1. The lowest BCUT2D eigenvalue weighted by Crippen LogP contribution is -2.48. The van der Waals surface area contributed by atoms with Crippen LogP contribution in [0, 0.1) is 0 Å². The van der Waals surface area contributed by atoms with Crippen LogP contribution in [0.4, 0.5) is 0 Å². The van der Waals surface area contributed by atoms with E-state index in [0.29, 0.717) is 19.4 Å². The number of methoxy groups -OCH3 is 1. The zero-order valence-corrected chi connectivity index (χ0v) is 12.5. The van der Waals surface area contributed by atoms with Gasteiger partial charge in [-0.1, -0.05) is 11.6 Å². The molecule has 8 heteroatoms. The van der Waals surface area contributed by atoms with Crippen molar-refractivity contribution >= 4 is 27.6 Å². The lowest BCUT2D eigenvalue weighted by Gasteiger charge is -2.32. The summed E-state index contributed by atoms with van der Waals surface area (Å²) in [6.07, 6.45) is 3.17. The number of aromatic nitrogens is 1. The minimum Gasteiger partial charge on any atom is -0.468 e. The molecule has 2 rings (SSSR count). The summed E-state index contributed by atoms with van der Waals surface area (Å²) in [7, 11) is -2.52. The summed E-state index contributed by atoms with van der Waals surface area (Å²) in [6.45, 7) is 0.296. The van der Waals surface area contributed by atoms with Gasteiger partial charge in [0, 0.05) is 12.7 Å². The van der Waals surface area contributed by atoms with Crippen molar-refractivity contribution in [3.05, 3.63) is 23.5 Å². The molecular formula is C12H15ClN2O4S. The molecule has 20 heavy (non-hydrogen) atoms. The summed E-state index contributed by atoms with van der Waals surface area (Å²) >= 11 is 5.66. The van der Waals surface area contributed by atoms with Crippen LogP contribution in [-0.2, 0) is 19.6 Å². The van der Waals surface area contributed by atoms with Crippen molar-refractivity contribution in [2.75, 3.05) is 13.7 Å². The predicted molar refractivity (Wildman–Crippen MR) is 72.8 cm³/mol. The van der Waals surface area contributed by atoms with Gasteiger partial charge in [0.25, 0.3) is 0 Å². The summed E-state index contributed by atoms with van der Waals surface area (Å²) in [5, 5.41) is 0.215. The molecule has 0 radical (unpaired) electrons. The van der Waals surface area contributed by atoms with Crippen molar-refractivity contribution < 1.29 is 17.9 Å². The average Bonchev–Trinajstić information content (AvgIpc) is 2.47. The molecule has 0 amide bonds. The highest BCUT2D eigenvalue weighted by Crippen LogP contribution is 2.26. The molecule has 0 aromatic carbocycles. The maximum atomic E-state index is 12.6. The fraction of sp³-hybridized carbons (Fsp3) is 0.500. The summed E-state index contributed by atoms with van der Waals surface area (Å²) in [4.78, 5) is 15.5. The number of halogens is 1. The van der Waals surface area contributed by atoms with E-state index in [2.05, 4.69) is 9.72 Å². The Morgan fingerprint density at radius 1 is 1.45 bits per heavy atom. The van der Waals surface area contributed by atoms with E-state index in [-0.39, 0.29) is 10.0 Å². The summed E-state index contributed by atoms with van der Waals surface area (Å²) in [5.74, 6) is -0.532. The van der Waals surface area contributed by atoms with Gasteiger partial charge in [0.05, 0.1) is 7.11 Å². The first kappa shape index (κ1) is 15.2. The Morgan fingerprint density at radius 2 is 2.20 bits per heavy atom. The first-order valence-electron chi connectivity index (χ1n) is 6.18. The molecule has 0 saturated carbocycles. The molecule has 1 fully saturated rings. The second kappa shape index (κ2) is 6.07. The van der Waals surface area contributed by atoms with Crippen molar-refractivity contribution in [1.29, 1.82) is 0 Å². The van der Waals surface area contributed by atoms with Crippen LogP contribution in [0.2, 0.25) is 5.15 Å². The van der Waals surface area contributed by atoms with Crippen LogP contribution in [0.15, 0.2) is 23.2 Å². The SMILES string of the molecule is COC(=O)C1CCCCN1S(=O)(=O)c1ccc(Cl)nc1. The van der Waals surface area contributed by atoms with Crippen molar-refractivity contribution in [1.82, 2.24) is 9.29 Å². The highest BCUT2D eigenvalue weighted by molar-refractivity contribution is 7.89. The number of piperidine rings is 1. The van der Waals surface area contributed by atoms with E-state index in [9.17, 15) is 13.2 Å². The molecule has 110 valence electrons. The second-order valence-electron chi connectivity index (χ2n) is 4.47. The molecule has 1 aliphatic rings. The maximum absolute atomic E-state index is 12.6. The van der Waals surface area contributed by atoms with E-state index in [4.69, 9.17) is 11.6 Å².